The molecule has 0 saturated heterocycles. The summed E-state index contributed by atoms with van der Waals surface area (Å²) in [6, 6.07) is 10.6. The van der Waals surface area contributed by atoms with E-state index in [-0.39, 0.29) is 5.91 Å². The first-order valence-electron chi connectivity index (χ1n) is 9.22. The summed E-state index contributed by atoms with van der Waals surface area (Å²) in [5.41, 5.74) is 6.37. The van der Waals surface area contributed by atoms with E-state index in [2.05, 4.69) is 5.43 Å². The number of hydrazine groups is 1. The lowest BCUT2D eigenvalue weighted by Crippen LogP contribution is -2.56. The number of nitrogens with one attached hydrogen (secondary N) is 1. The van der Waals surface area contributed by atoms with Gasteiger partial charge in [-0.05, 0) is 69.9 Å². The van der Waals surface area contributed by atoms with Crippen molar-refractivity contribution in [3.05, 3.63) is 64.2 Å². The second-order valence-corrected chi connectivity index (χ2v) is 8.21. The van der Waals surface area contributed by atoms with Gasteiger partial charge in [0.2, 0.25) is 0 Å². The SMILES string of the molecule is Cc1cc(C)cc(C(=O)N(NC(=O)c2ccc3c(c2)B(O)OC3)C(C)(C)C)c1. The van der Waals surface area contributed by atoms with E-state index >= 15 is 0 Å². The molecule has 0 spiro atoms. The molecule has 0 aliphatic carbocycles. The molecule has 3 rings (SSSR count). The van der Waals surface area contributed by atoms with Crippen LogP contribution in [0.25, 0.3) is 0 Å². The van der Waals surface area contributed by atoms with Gasteiger partial charge in [-0.1, -0.05) is 23.3 Å². The van der Waals surface area contributed by atoms with Crippen molar-refractivity contribution in [1.29, 1.82) is 0 Å². The average molecular weight is 380 g/mol. The van der Waals surface area contributed by atoms with Gasteiger partial charge in [0.15, 0.2) is 0 Å². The van der Waals surface area contributed by atoms with Gasteiger partial charge in [0.25, 0.3) is 11.8 Å². The topological polar surface area (TPSA) is 78.9 Å². The van der Waals surface area contributed by atoms with E-state index in [1.165, 1.54) is 5.01 Å². The van der Waals surface area contributed by atoms with E-state index in [4.69, 9.17) is 4.65 Å². The van der Waals surface area contributed by atoms with Gasteiger partial charge >= 0.3 is 7.12 Å². The number of hydrogen-bond donors (Lipinski definition) is 2. The van der Waals surface area contributed by atoms with Crippen LogP contribution in [0, 0.1) is 13.8 Å². The Bertz CT molecular complexity index is 916. The Kier molecular flexibility index (Phi) is 5.32. The molecule has 0 saturated carbocycles. The van der Waals surface area contributed by atoms with Crippen LogP contribution in [0.5, 0.6) is 0 Å². The number of rotatable bonds is 2. The Morgan fingerprint density at radius 1 is 1.07 bits per heavy atom. The summed E-state index contributed by atoms with van der Waals surface area (Å²) in [7, 11) is -1.03. The van der Waals surface area contributed by atoms with Gasteiger partial charge in [-0.3, -0.25) is 15.0 Å². The molecule has 2 N–H and O–H groups in total. The Morgan fingerprint density at radius 2 is 1.71 bits per heavy atom. The molecule has 0 bridgehead atoms. The first-order chi connectivity index (χ1) is 13.1. The van der Waals surface area contributed by atoms with Crippen molar-refractivity contribution in [2.24, 2.45) is 0 Å². The molecular formula is C21H25BN2O4. The maximum Gasteiger partial charge on any atom is 0.491 e. The van der Waals surface area contributed by atoms with Gasteiger partial charge in [-0.15, -0.1) is 0 Å². The van der Waals surface area contributed by atoms with Crippen molar-refractivity contribution in [1.82, 2.24) is 10.4 Å². The highest BCUT2D eigenvalue weighted by atomic mass is 16.5. The maximum absolute atomic E-state index is 13.2. The Hall–Kier alpha value is -2.64. The Morgan fingerprint density at radius 3 is 2.32 bits per heavy atom. The van der Waals surface area contributed by atoms with E-state index in [0.29, 0.717) is 23.2 Å². The van der Waals surface area contributed by atoms with Crippen molar-refractivity contribution < 1.29 is 19.3 Å². The number of benzene rings is 2. The zero-order valence-corrected chi connectivity index (χ0v) is 16.9. The van der Waals surface area contributed by atoms with E-state index in [1.807, 2.05) is 52.8 Å². The van der Waals surface area contributed by atoms with Crippen LogP contribution in [0.2, 0.25) is 0 Å². The number of nitrogens with zero attached hydrogens (tertiary/aromatic N) is 1. The second kappa shape index (κ2) is 7.41. The van der Waals surface area contributed by atoms with Crippen molar-refractivity contribution >= 4 is 24.4 Å². The van der Waals surface area contributed by atoms with Gasteiger partial charge in [-0.2, -0.15) is 0 Å². The number of fused-ring (bicyclic) bond motifs is 1. The maximum atomic E-state index is 13.2. The quantitative estimate of drug-likeness (QED) is 0.618. The van der Waals surface area contributed by atoms with Crippen molar-refractivity contribution in [3.8, 4) is 0 Å². The van der Waals surface area contributed by atoms with Gasteiger partial charge in [0.1, 0.15) is 0 Å². The normalized spacial score (nSPS) is 13.3. The molecule has 146 valence electrons. The lowest BCUT2D eigenvalue weighted by atomic mass is 9.79. The average Bonchev–Trinajstić information content (AvgIpc) is 2.97. The molecule has 0 unspecified atom stereocenters. The van der Waals surface area contributed by atoms with Gasteiger partial charge in [-0.25, -0.2) is 5.01 Å². The molecule has 2 aromatic carbocycles. The van der Waals surface area contributed by atoms with Crippen LogP contribution in [0.1, 0.15) is 58.2 Å². The number of carbonyl (C=O) groups is 2. The standard InChI is InChI=1S/C21H25BN2O4/c1-13-8-14(2)10-17(9-13)20(26)24(21(3,4)5)23-19(25)15-6-7-16-12-28-22(27)18(16)11-15/h6-11,27H,12H2,1-5H3,(H,23,25). The third-order valence-electron chi connectivity index (χ3n) is 4.63. The van der Waals surface area contributed by atoms with Gasteiger partial charge in [0.05, 0.1) is 12.1 Å². The molecule has 1 aliphatic heterocycles. The van der Waals surface area contributed by atoms with Crippen LogP contribution in [0.4, 0.5) is 0 Å². The Balaban J connectivity index is 1.88. The smallest absolute Gasteiger partial charge is 0.423 e. The van der Waals surface area contributed by atoms with Crippen LogP contribution in [0.15, 0.2) is 36.4 Å². The van der Waals surface area contributed by atoms with Crippen molar-refractivity contribution in [2.75, 3.05) is 0 Å². The van der Waals surface area contributed by atoms with Crippen LogP contribution >= 0.6 is 0 Å². The zero-order valence-electron chi connectivity index (χ0n) is 16.9. The third-order valence-corrected chi connectivity index (χ3v) is 4.63. The minimum absolute atomic E-state index is 0.280. The molecule has 2 aromatic rings. The molecule has 28 heavy (non-hydrogen) atoms. The third kappa shape index (κ3) is 4.10. The zero-order chi connectivity index (χ0) is 20.6. The van der Waals surface area contributed by atoms with E-state index < -0.39 is 18.6 Å². The summed E-state index contributed by atoms with van der Waals surface area (Å²) in [5, 5.41) is 11.2. The van der Waals surface area contributed by atoms with E-state index in [1.54, 1.807) is 18.2 Å². The molecule has 0 atom stereocenters. The minimum Gasteiger partial charge on any atom is -0.423 e. The minimum atomic E-state index is -1.03. The molecule has 0 radical (unpaired) electrons. The first-order valence-corrected chi connectivity index (χ1v) is 9.22. The number of aryl methyl sites for hydroxylation is 2. The molecule has 0 aromatic heterocycles. The molecule has 1 aliphatic rings. The number of carbonyl (C=O) groups excluding carboxylic acids is 2. The monoisotopic (exact) mass is 380 g/mol. The fraction of sp³-hybridized carbons (Fsp3) is 0.333. The lowest BCUT2D eigenvalue weighted by Gasteiger charge is -2.35. The fourth-order valence-electron chi connectivity index (χ4n) is 3.27. The highest BCUT2D eigenvalue weighted by Gasteiger charge is 2.31. The highest BCUT2D eigenvalue weighted by Crippen LogP contribution is 2.18. The van der Waals surface area contributed by atoms with Crippen LogP contribution in [0.3, 0.4) is 0 Å². The predicted molar refractivity (Wildman–Crippen MR) is 108 cm³/mol. The summed E-state index contributed by atoms with van der Waals surface area (Å²) in [6.45, 7) is 9.75. The second-order valence-electron chi connectivity index (χ2n) is 8.21. The van der Waals surface area contributed by atoms with Crippen molar-refractivity contribution in [2.45, 2.75) is 46.8 Å². The van der Waals surface area contributed by atoms with E-state index in [9.17, 15) is 14.6 Å². The number of hydrogen-bond acceptors (Lipinski definition) is 4. The summed E-state index contributed by atoms with van der Waals surface area (Å²) in [4.78, 5) is 26.0. The number of amides is 2. The van der Waals surface area contributed by atoms with Gasteiger partial charge in [0, 0.05) is 11.1 Å². The fourth-order valence-corrected chi connectivity index (χ4v) is 3.27. The Labute approximate surface area is 165 Å². The molecule has 0 fully saturated rings. The first kappa shape index (κ1) is 20.1. The van der Waals surface area contributed by atoms with E-state index in [0.717, 1.165) is 16.7 Å². The predicted octanol–water partition coefficient (Wildman–Crippen LogP) is 2.11. The largest absolute Gasteiger partial charge is 0.491 e. The van der Waals surface area contributed by atoms with Gasteiger partial charge < -0.3 is 9.68 Å². The molecular weight excluding hydrogens is 355 g/mol. The molecule has 6 nitrogen and oxygen atoms in total. The summed E-state index contributed by atoms with van der Waals surface area (Å²) in [5.74, 6) is -0.702. The van der Waals surface area contributed by atoms with Crippen LogP contribution < -0.4 is 10.9 Å². The van der Waals surface area contributed by atoms with Crippen LogP contribution in [-0.2, 0) is 11.3 Å². The molecule has 7 heteroatoms. The summed E-state index contributed by atoms with van der Waals surface area (Å²) < 4.78 is 5.17. The van der Waals surface area contributed by atoms with Crippen LogP contribution in [-0.4, -0.2) is 34.5 Å². The highest BCUT2D eigenvalue weighted by molar-refractivity contribution is 6.61. The molecule has 1 heterocycles. The summed E-state index contributed by atoms with van der Waals surface area (Å²) in [6.07, 6.45) is 0. The summed E-state index contributed by atoms with van der Waals surface area (Å²) >= 11 is 0. The molecule has 2 amide bonds. The lowest BCUT2D eigenvalue weighted by molar-refractivity contribution is 0.0358. The van der Waals surface area contributed by atoms with Crippen molar-refractivity contribution in [3.63, 3.8) is 0 Å².